The van der Waals surface area contributed by atoms with Gasteiger partial charge in [0.1, 0.15) is 24.1 Å². The molecule has 1 aromatic carbocycles. The molecule has 1 heterocycles. The van der Waals surface area contributed by atoms with Gasteiger partial charge in [0, 0.05) is 5.56 Å². The van der Waals surface area contributed by atoms with Crippen molar-refractivity contribution in [2.45, 2.75) is 19.1 Å². The Kier molecular flexibility index (Phi) is 3.58. The SMILES string of the molecule is C[C@@H](C#N)[C@](O)(Cn1cncn1)c1ccccc1F. The van der Waals surface area contributed by atoms with Crippen molar-refractivity contribution in [1.29, 1.82) is 5.26 Å². The van der Waals surface area contributed by atoms with E-state index in [4.69, 9.17) is 5.26 Å². The first-order valence-corrected chi connectivity index (χ1v) is 5.77. The molecule has 0 fully saturated rings. The summed E-state index contributed by atoms with van der Waals surface area (Å²) in [5, 5.41) is 23.7. The molecule has 19 heavy (non-hydrogen) atoms. The number of nitrogens with zero attached hydrogens (tertiary/aromatic N) is 4. The third-order valence-electron chi connectivity index (χ3n) is 3.12. The molecule has 0 unspecified atom stereocenters. The molecular formula is C13H13FN4O. The second-order valence-corrected chi connectivity index (χ2v) is 4.35. The molecule has 0 amide bonds. The molecule has 0 radical (unpaired) electrons. The normalized spacial score (nSPS) is 15.5. The van der Waals surface area contributed by atoms with Gasteiger partial charge in [-0.3, -0.25) is 0 Å². The Morgan fingerprint density at radius 2 is 2.26 bits per heavy atom. The van der Waals surface area contributed by atoms with E-state index in [1.54, 1.807) is 13.0 Å². The molecule has 98 valence electrons. The van der Waals surface area contributed by atoms with Crippen molar-refractivity contribution in [2.24, 2.45) is 5.92 Å². The number of benzene rings is 1. The molecule has 6 heteroatoms. The Bertz CT molecular complexity index is 593. The number of aromatic nitrogens is 3. The van der Waals surface area contributed by atoms with E-state index in [1.807, 2.05) is 6.07 Å². The summed E-state index contributed by atoms with van der Waals surface area (Å²) >= 11 is 0. The summed E-state index contributed by atoms with van der Waals surface area (Å²) in [6, 6.07) is 7.85. The van der Waals surface area contributed by atoms with Crippen molar-refractivity contribution in [3.05, 3.63) is 48.3 Å². The van der Waals surface area contributed by atoms with Gasteiger partial charge < -0.3 is 5.11 Å². The summed E-state index contributed by atoms with van der Waals surface area (Å²) in [7, 11) is 0. The van der Waals surface area contributed by atoms with Gasteiger partial charge in [-0.2, -0.15) is 10.4 Å². The Balaban J connectivity index is 2.46. The molecule has 0 aliphatic heterocycles. The van der Waals surface area contributed by atoms with E-state index < -0.39 is 17.3 Å². The first-order valence-electron chi connectivity index (χ1n) is 5.77. The van der Waals surface area contributed by atoms with Crippen molar-refractivity contribution in [1.82, 2.24) is 14.8 Å². The van der Waals surface area contributed by atoms with Gasteiger partial charge in [-0.1, -0.05) is 18.2 Å². The predicted molar refractivity (Wildman–Crippen MR) is 65.1 cm³/mol. The average molecular weight is 260 g/mol. The fourth-order valence-electron chi connectivity index (χ4n) is 1.94. The topological polar surface area (TPSA) is 74.7 Å². The Labute approximate surface area is 109 Å². The first kappa shape index (κ1) is 13.2. The zero-order valence-corrected chi connectivity index (χ0v) is 10.4. The highest BCUT2D eigenvalue weighted by atomic mass is 19.1. The van der Waals surface area contributed by atoms with Crippen molar-refractivity contribution in [3.8, 4) is 6.07 Å². The standard InChI is InChI=1S/C13H13FN4O/c1-10(6-15)13(19,7-18-9-16-8-17-18)11-4-2-3-5-12(11)14/h2-5,8-10,19H,7H2,1H3/t10-,13+/m0/s1. The van der Waals surface area contributed by atoms with Crippen molar-refractivity contribution >= 4 is 0 Å². The van der Waals surface area contributed by atoms with Crippen LogP contribution in [0.1, 0.15) is 12.5 Å². The van der Waals surface area contributed by atoms with Crippen LogP contribution in [0.25, 0.3) is 0 Å². The molecule has 2 aromatic rings. The molecule has 0 spiro atoms. The van der Waals surface area contributed by atoms with Crippen LogP contribution in [0.4, 0.5) is 4.39 Å². The highest BCUT2D eigenvalue weighted by molar-refractivity contribution is 5.26. The average Bonchev–Trinajstić information content (AvgIpc) is 2.90. The zero-order chi connectivity index (χ0) is 13.9. The van der Waals surface area contributed by atoms with Crippen LogP contribution in [0.15, 0.2) is 36.9 Å². The summed E-state index contributed by atoms with van der Waals surface area (Å²) in [6.45, 7) is 1.51. The van der Waals surface area contributed by atoms with Gasteiger partial charge in [-0.05, 0) is 13.0 Å². The third-order valence-corrected chi connectivity index (χ3v) is 3.12. The predicted octanol–water partition coefficient (Wildman–Crippen LogP) is 1.46. The van der Waals surface area contributed by atoms with E-state index in [0.717, 1.165) is 0 Å². The molecular weight excluding hydrogens is 247 g/mol. The highest BCUT2D eigenvalue weighted by Crippen LogP contribution is 2.32. The summed E-state index contributed by atoms with van der Waals surface area (Å²) in [4.78, 5) is 3.77. The van der Waals surface area contributed by atoms with Crippen LogP contribution < -0.4 is 0 Å². The number of hydrogen-bond acceptors (Lipinski definition) is 4. The summed E-state index contributed by atoms with van der Waals surface area (Å²) in [5.74, 6) is -1.35. The van der Waals surface area contributed by atoms with Crippen LogP contribution >= 0.6 is 0 Å². The van der Waals surface area contributed by atoms with Crippen LogP contribution in [0.2, 0.25) is 0 Å². The number of aliphatic hydroxyl groups is 1. The first-order chi connectivity index (χ1) is 9.08. The third kappa shape index (κ3) is 2.46. The van der Waals surface area contributed by atoms with E-state index in [2.05, 4.69) is 10.1 Å². The lowest BCUT2D eigenvalue weighted by Gasteiger charge is -2.31. The lowest BCUT2D eigenvalue weighted by Crippen LogP contribution is -2.38. The maximum atomic E-state index is 13.9. The highest BCUT2D eigenvalue weighted by Gasteiger charge is 2.39. The summed E-state index contributed by atoms with van der Waals surface area (Å²) in [6.07, 6.45) is 2.73. The van der Waals surface area contributed by atoms with Crippen molar-refractivity contribution in [3.63, 3.8) is 0 Å². The van der Waals surface area contributed by atoms with Gasteiger partial charge in [0.05, 0.1) is 18.5 Å². The second-order valence-electron chi connectivity index (χ2n) is 4.35. The largest absolute Gasteiger partial charge is 0.382 e. The molecule has 2 atom stereocenters. The second kappa shape index (κ2) is 5.16. The number of halogens is 1. The van der Waals surface area contributed by atoms with Gasteiger partial charge in [-0.15, -0.1) is 0 Å². The zero-order valence-electron chi connectivity index (χ0n) is 10.4. The monoisotopic (exact) mass is 260 g/mol. The molecule has 0 saturated carbocycles. The molecule has 0 saturated heterocycles. The fraction of sp³-hybridized carbons (Fsp3) is 0.308. The smallest absolute Gasteiger partial charge is 0.137 e. The van der Waals surface area contributed by atoms with Gasteiger partial charge in [-0.25, -0.2) is 14.1 Å². The van der Waals surface area contributed by atoms with E-state index in [1.165, 1.54) is 35.5 Å². The van der Waals surface area contributed by atoms with Crippen molar-refractivity contribution < 1.29 is 9.50 Å². The van der Waals surface area contributed by atoms with Gasteiger partial charge in [0.25, 0.3) is 0 Å². The minimum Gasteiger partial charge on any atom is -0.382 e. The molecule has 0 aliphatic rings. The molecule has 5 nitrogen and oxygen atoms in total. The van der Waals surface area contributed by atoms with E-state index >= 15 is 0 Å². The molecule has 0 aliphatic carbocycles. The molecule has 0 bridgehead atoms. The Hall–Kier alpha value is -2.26. The van der Waals surface area contributed by atoms with Crippen LogP contribution in [-0.4, -0.2) is 19.9 Å². The molecule has 1 N–H and O–H groups in total. The molecule has 2 rings (SSSR count). The maximum Gasteiger partial charge on any atom is 0.137 e. The fourth-order valence-corrected chi connectivity index (χ4v) is 1.94. The van der Waals surface area contributed by atoms with E-state index in [-0.39, 0.29) is 12.1 Å². The Morgan fingerprint density at radius 1 is 1.53 bits per heavy atom. The summed E-state index contributed by atoms with van der Waals surface area (Å²) < 4.78 is 15.3. The van der Waals surface area contributed by atoms with Crippen LogP contribution in [-0.2, 0) is 12.1 Å². The van der Waals surface area contributed by atoms with Gasteiger partial charge in [0.15, 0.2) is 0 Å². The van der Waals surface area contributed by atoms with Crippen molar-refractivity contribution in [2.75, 3.05) is 0 Å². The number of rotatable bonds is 4. The number of nitriles is 1. The van der Waals surface area contributed by atoms with Crippen LogP contribution in [0.5, 0.6) is 0 Å². The van der Waals surface area contributed by atoms with Gasteiger partial charge >= 0.3 is 0 Å². The Morgan fingerprint density at radius 3 is 2.84 bits per heavy atom. The van der Waals surface area contributed by atoms with E-state index in [9.17, 15) is 9.50 Å². The minimum atomic E-state index is -1.66. The van der Waals surface area contributed by atoms with Gasteiger partial charge in [0.2, 0.25) is 0 Å². The van der Waals surface area contributed by atoms with E-state index in [0.29, 0.717) is 0 Å². The minimum absolute atomic E-state index is 0.0390. The lowest BCUT2D eigenvalue weighted by molar-refractivity contribution is -0.0197. The number of hydrogen-bond donors (Lipinski definition) is 1. The maximum absolute atomic E-state index is 13.9. The lowest BCUT2D eigenvalue weighted by atomic mass is 9.82. The summed E-state index contributed by atoms with van der Waals surface area (Å²) in [5.41, 5.74) is -1.58. The quantitative estimate of drug-likeness (QED) is 0.903. The van der Waals surface area contributed by atoms with Crippen LogP contribution in [0, 0.1) is 23.1 Å². The van der Waals surface area contributed by atoms with Crippen LogP contribution in [0.3, 0.4) is 0 Å². The molecule has 1 aromatic heterocycles.